The lowest BCUT2D eigenvalue weighted by Gasteiger charge is -2.43. The number of piperidine rings is 1. The van der Waals surface area contributed by atoms with E-state index < -0.39 is 0 Å². The lowest BCUT2D eigenvalue weighted by molar-refractivity contribution is 0.177. The molecule has 1 aliphatic heterocycles. The number of fused-ring (bicyclic) bond motifs is 2. The highest BCUT2D eigenvalue weighted by atomic mass is 32.2. The quantitative estimate of drug-likeness (QED) is 0.489. The molecule has 1 aliphatic carbocycles. The monoisotopic (exact) mass is 444 g/mol. The minimum absolute atomic E-state index is 0.470. The molecule has 0 bridgehead atoms. The van der Waals surface area contributed by atoms with Crippen LogP contribution >= 0.6 is 11.8 Å². The number of aromatic nitrogens is 4. The molecular weight excluding hydrogens is 416 g/mol. The number of pyridine rings is 1. The average molecular weight is 445 g/mol. The zero-order valence-corrected chi connectivity index (χ0v) is 19.2. The van der Waals surface area contributed by atoms with Gasteiger partial charge in [-0.15, -0.1) is 0 Å². The summed E-state index contributed by atoms with van der Waals surface area (Å²) in [6, 6.07) is 11.0. The van der Waals surface area contributed by atoms with Gasteiger partial charge in [-0.05, 0) is 56.3 Å². The minimum Gasteiger partial charge on any atom is -0.342 e. The molecule has 4 heterocycles. The fourth-order valence-electron chi connectivity index (χ4n) is 5.81. The van der Waals surface area contributed by atoms with Crippen molar-refractivity contribution in [3.05, 3.63) is 55.1 Å². The Hall–Kier alpha value is -2.64. The van der Waals surface area contributed by atoms with Gasteiger partial charge in [-0.2, -0.15) is 0 Å². The van der Waals surface area contributed by atoms with Gasteiger partial charge in [0.25, 0.3) is 0 Å². The van der Waals surface area contributed by atoms with Crippen LogP contribution in [0.25, 0.3) is 16.6 Å². The van der Waals surface area contributed by atoms with Crippen LogP contribution in [0.1, 0.15) is 32.1 Å². The Labute approximate surface area is 192 Å². The Balaban J connectivity index is 1.29. The smallest absolute Gasteiger partial charge is 0.211 e. The molecule has 32 heavy (non-hydrogen) atoms. The third kappa shape index (κ3) is 3.26. The maximum absolute atomic E-state index is 4.93. The summed E-state index contributed by atoms with van der Waals surface area (Å²) in [5.41, 5.74) is 2.45. The first-order valence-electron chi connectivity index (χ1n) is 11.5. The van der Waals surface area contributed by atoms with Crippen LogP contribution in [-0.4, -0.2) is 45.5 Å². The van der Waals surface area contributed by atoms with Crippen molar-refractivity contribution in [3.8, 4) is 0 Å². The maximum Gasteiger partial charge on any atom is 0.211 e. The van der Waals surface area contributed by atoms with Crippen molar-refractivity contribution in [1.82, 2.24) is 24.7 Å². The molecular formula is C25H28N6S. The number of hydrogen-bond donors (Lipinski definition) is 1. The van der Waals surface area contributed by atoms with E-state index in [9.17, 15) is 0 Å². The maximum atomic E-state index is 4.93. The van der Waals surface area contributed by atoms with Gasteiger partial charge < -0.3 is 10.2 Å². The summed E-state index contributed by atoms with van der Waals surface area (Å²) in [5, 5.41) is 4.75. The van der Waals surface area contributed by atoms with Crippen LogP contribution in [0.15, 0.2) is 64.9 Å². The van der Waals surface area contributed by atoms with E-state index in [0.717, 1.165) is 40.5 Å². The summed E-state index contributed by atoms with van der Waals surface area (Å²) in [6.45, 7) is 2.11. The summed E-state index contributed by atoms with van der Waals surface area (Å²) < 4.78 is 2.16. The first kappa shape index (κ1) is 20.0. The highest BCUT2D eigenvalue weighted by Gasteiger charge is 2.44. The fraction of sp³-hybridized carbons (Fsp3) is 0.400. The fourth-order valence-corrected chi connectivity index (χ4v) is 6.83. The Morgan fingerprint density at radius 1 is 1.00 bits per heavy atom. The number of nitrogens with zero attached hydrogens (tertiary/aromatic N) is 5. The van der Waals surface area contributed by atoms with E-state index in [1.54, 1.807) is 11.8 Å². The van der Waals surface area contributed by atoms with E-state index in [1.165, 1.54) is 37.0 Å². The van der Waals surface area contributed by atoms with Crippen LogP contribution in [0.2, 0.25) is 0 Å². The number of rotatable bonds is 4. The SMILES string of the molecule is CN[C@@H]1CCCC12CCN(c1ncc(Sc3cccc4ncccc34)c3nccn13)CC2. The van der Waals surface area contributed by atoms with E-state index in [2.05, 4.69) is 50.9 Å². The number of hydrogen-bond acceptors (Lipinski definition) is 6. The summed E-state index contributed by atoms with van der Waals surface area (Å²) in [4.78, 5) is 18.8. The van der Waals surface area contributed by atoms with Crippen molar-refractivity contribution in [2.75, 3.05) is 25.0 Å². The second-order valence-electron chi connectivity index (χ2n) is 9.05. The molecule has 2 fully saturated rings. The van der Waals surface area contributed by atoms with Crippen molar-refractivity contribution in [3.63, 3.8) is 0 Å². The second-order valence-corrected chi connectivity index (χ2v) is 10.1. The molecule has 2 aliphatic rings. The topological polar surface area (TPSA) is 58.3 Å². The molecule has 1 aromatic carbocycles. The number of anilines is 1. The van der Waals surface area contributed by atoms with Gasteiger partial charge in [0.1, 0.15) is 0 Å². The molecule has 0 radical (unpaired) electrons. The summed E-state index contributed by atoms with van der Waals surface area (Å²) in [6.07, 6.45) is 14.3. The highest BCUT2D eigenvalue weighted by molar-refractivity contribution is 7.99. The van der Waals surface area contributed by atoms with Crippen LogP contribution < -0.4 is 10.2 Å². The van der Waals surface area contributed by atoms with Gasteiger partial charge in [-0.1, -0.05) is 30.3 Å². The van der Waals surface area contributed by atoms with Crippen molar-refractivity contribution in [2.45, 2.75) is 47.9 Å². The standard InChI is InChI=1S/C25H28N6S/c1-26-22-8-3-9-25(22)10-14-30(15-11-25)24-29-17-21(23-28-13-16-31(23)24)32-20-7-2-6-19-18(20)5-4-12-27-19/h2,4-7,12-13,16-17,22,26H,3,8-11,14-15H2,1H3/t22-/m1/s1. The van der Waals surface area contributed by atoms with E-state index in [4.69, 9.17) is 9.97 Å². The Kier molecular flexibility index (Phi) is 5.03. The third-order valence-corrected chi connectivity index (χ3v) is 8.58. The summed E-state index contributed by atoms with van der Waals surface area (Å²) in [7, 11) is 2.13. The second kappa shape index (κ2) is 8.05. The molecule has 1 saturated carbocycles. The van der Waals surface area contributed by atoms with Crippen molar-refractivity contribution in [1.29, 1.82) is 0 Å². The zero-order valence-electron chi connectivity index (χ0n) is 18.4. The number of imidazole rings is 1. The molecule has 0 unspecified atom stereocenters. The van der Waals surface area contributed by atoms with E-state index in [0.29, 0.717) is 11.5 Å². The molecule has 1 atom stereocenters. The van der Waals surface area contributed by atoms with Crippen molar-refractivity contribution in [2.24, 2.45) is 5.41 Å². The zero-order chi connectivity index (χ0) is 21.5. The highest BCUT2D eigenvalue weighted by Crippen LogP contribution is 2.47. The van der Waals surface area contributed by atoms with Crippen molar-refractivity contribution < 1.29 is 0 Å². The van der Waals surface area contributed by atoms with E-state index in [-0.39, 0.29) is 0 Å². The van der Waals surface area contributed by atoms with Gasteiger partial charge in [0.2, 0.25) is 5.95 Å². The molecule has 7 heteroatoms. The Morgan fingerprint density at radius 2 is 1.91 bits per heavy atom. The largest absolute Gasteiger partial charge is 0.342 e. The van der Waals surface area contributed by atoms with Gasteiger partial charge in [-0.25, -0.2) is 9.97 Å². The molecule has 6 nitrogen and oxygen atoms in total. The molecule has 1 spiro atoms. The van der Waals surface area contributed by atoms with Gasteiger partial charge in [0.15, 0.2) is 5.65 Å². The van der Waals surface area contributed by atoms with Crippen LogP contribution in [-0.2, 0) is 0 Å². The predicted molar refractivity (Wildman–Crippen MR) is 129 cm³/mol. The van der Waals surface area contributed by atoms with Gasteiger partial charge >= 0.3 is 0 Å². The first-order chi connectivity index (χ1) is 15.8. The van der Waals surface area contributed by atoms with Gasteiger partial charge in [-0.3, -0.25) is 9.38 Å². The molecule has 1 N–H and O–H groups in total. The molecule has 4 aromatic rings. The molecule has 0 amide bonds. The van der Waals surface area contributed by atoms with Gasteiger partial charge in [0, 0.05) is 54.2 Å². The lowest BCUT2D eigenvalue weighted by Crippen LogP contribution is -2.48. The molecule has 3 aromatic heterocycles. The molecule has 164 valence electrons. The third-order valence-electron chi connectivity index (χ3n) is 7.50. The van der Waals surface area contributed by atoms with E-state index in [1.807, 2.05) is 30.9 Å². The molecule has 6 rings (SSSR count). The number of benzene rings is 1. The van der Waals surface area contributed by atoms with Crippen LogP contribution in [0, 0.1) is 5.41 Å². The summed E-state index contributed by atoms with van der Waals surface area (Å²) >= 11 is 1.71. The van der Waals surface area contributed by atoms with Crippen LogP contribution in [0.4, 0.5) is 5.95 Å². The van der Waals surface area contributed by atoms with Crippen LogP contribution in [0.3, 0.4) is 0 Å². The van der Waals surface area contributed by atoms with E-state index >= 15 is 0 Å². The first-order valence-corrected chi connectivity index (χ1v) is 12.3. The van der Waals surface area contributed by atoms with Crippen LogP contribution in [0.5, 0.6) is 0 Å². The molecule has 1 saturated heterocycles. The predicted octanol–water partition coefficient (Wildman–Crippen LogP) is 4.79. The summed E-state index contributed by atoms with van der Waals surface area (Å²) in [5.74, 6) is 1.01. The number of nitrogens with one attached hydrogen (secondary N) is 1. The Bertz CT molecular complexity index is 1250. The average Bonchev–Trinajstić information content (AvgIpc) is 3.48. The van der Waals surface area contributed by atoms with Crippen molar-refractivity contribution >= 4 is 34.3 Å². The minimum atomic E-state index is 0.470. The Morgan fingerprint density at radius 3 is 2.78 bits per heavy atom. The van der Waals surface area contributed by atoms with Gasteiger partial charge in [0.05, 0.1) is 10.4 Å². The normalized spacial score (nSPS) is 20.5. The lowest BCUT2D eigenvalue weighted by atomic mass is 9.74.